The molecule has 1 aliphatic heterocycles. The van der Waals surface area contributed by atoms with Gasteiger partial charge in [0, 0.05) is 24.5 Å². The molecule has 0 aliphatic carbocycles. The van der Waals surface area contributed by atoms with Gasteiger partial charge in [-0.15, -0.1) is 0 Å². The molecule has 1 fully saturated rings. The average Bonchev–Trinajstić information content (AvgIpc) is 2.82. The van der Waals surface area contributed by atoms with E-state index >= 15 is 0 Å². The van der Waals surface area contributed by atoms with Gasteiger partial charge in [-0.2, -0.15) is 0 Å². The van der Waals surface area contributed by atoms with Crippen molar-refractivity contribution >= 4 is 21.0 Å². The lowest BCUT2D eigenvalue weighted by atomic mass is 10.1. The molecule has 7 heteroatoms. The fourth-order valence-corrected chi connectivity index (χ4v) is 4.10. The number of aromatic nitrogens is 1. The van der Waals surface area contributed by atoms with E-state index in [9.17, 15) is 8.42 Å². The molecule has 1 aromatic heterocycles. The number of nitrogens with two attached hydrogens (primary N) is 1. The smallest absolute Gasteiger partial charge is 0.220 e. The molecule has 0 amide bonds. The second-order valence-electron chi connectivity index (χ2n) is 5.14. The van der Waals surface area contributed by atoms with Crippen LogP contribution in [0.4, 0.5) is 0 Å². The Kier molecular flexibility index (Phi) is 3.49. The summed E-state index contributed by atoms with van der Waals surface area (Å²) in [5, 5.41) is 4.63. The summed E-state index contributed by atoms with van der Waals surface area (Å²) >= 11 is 0. The predicted molar refractivity (Wildman–Crippen MR) is 75.4 cm³/mol. The number of rotatable bonds is 3. The topological polar surface area (TPSA) is 89.4 Å². The van der Waals surface area contributed by atoms with Crippen molar-refractivity contribution < 1.29 is 12.9 Å². The molecule has 3 rings (SSSR count). The van der Waals surface area contributed by atoms with E-state index in [-0.39, 0.29) is 11.8 Å². The molecule has 0 unspecified atom stereocenters. The summed E-state index contributed by atoms with van der Waals surface area (Å²) in [5.41, 5.74) is 6.91. The van der Waals surface area contributed by atoms with Gasteiger partial charge in [-0.3, -0.25) is 0 Å². The number of hydrogen-bond acceptors (Lipinski definition) is 5. The first-order valence-corrected chi connectivity index (χ1v) is 8.24. The van der Waals surface area contributed by atoms with Gasteiger partial charge in [0.2, 0.25) is 10.0 Å². The quantitative estimate of drug-likeness (QED) is 0.915. The largest absolute Gasteiger partial charge is 0.356 e. The summed E-state index contributed by atoms with van der Waals surface area (Å²) < 4.78 is 31.5. The van der Waals surface area contributed by atoms with Crippen LogP contribution < -0.4 is 5.73 Å². The molecule has 2 N–H and O–H groups in total. The third-order valence-corrected chi connectivity index (χ3v) is 5.34. The Labute approximate surface area is 117 Å². The van der Waals surface area contributed by atoms with Crippen molar-refractivity contribution in [3.63, 3.8) is 0 Å². The van der Waals surface area contributed by atoms with Crippen molar-refractivity contribution in [3.05, 3.63) is 30.0 Å². The second kappa shape index (κ2) is 5.16. The first-order valence-electron chi connectivity index (χ1n) is 6.63. The molecule has 0 radical (unpaired) electrons. The molecular weight excluding hydrogens is 278 g/mol. The summed E-state index contributed by atoms with van der Waals surface area (Å²) in [7, 11) is -3.40. The molecule has 1 aliphatic rings. The van der Waals surface area contributed by atoms with E-state index in [4.69, 9.17) is 10.3 Å². The van der Waals surface area contributed by atoms with Crippen molar-refractivity contribution in [3.8, 4) is 0 Å². The molecule has 108 valence electrons. The number of sulfonamides is 1. The van der Waals surface area contributed by atoms with Gasteiger partial charge in [0.1, 0.15) is 11.4 Å². The molecule has 1 atom stereocenters. The van der Waals surface area contributed by atoms with E-state index in [2.05, 4.69) is 5.16 Å². The van der Waals surface area contributed by atoms with Crippen molar-refractivity contribution in [1.82, 2.24) is 9.46 Å². The molecule has 1 aromatic carbocycles. The highest BCUT2D eigenvalue weighted by Gasteiger charge is 2.29. The van der Waals surface area contributed by atoms with Crippen LogP contribution in [0.3, 0.4) is 0 Å². The summed E-state index contributed by atoms with van der Waals surface area (Å²) in [5.74, 6) is -0.142. The Balaban J connectivity index is 1.86. The average molecular weight is 295 g/mol. The molecule has 20 heavy (non-hydrogen) atoms. The molecule has 0 bridgehead atoms. The van der Waals surface area contributed by atoms with Crippen LogP contribution in [0.1, 0.15) is 18.5 Å². The molecule has 2 aromatic rings. The van der Waals surface area contributed by atoms with Crippen molar-refractivity contribution in [2.75, 3.05) is 13.1 Å². The van der Waals surface area contributed by atoms with Gasteiger partial charge in [0.25, 0.3) is 0 Å². The zero-order valence-electron chi connectivity index (χ0n) is 11.0. The van der Waals surface area contributed by atoms with Gasteiger partial charge in [-0.25, -0.2) is 12.7 Å². The summed E-state index contributed by atoms with van der Waals surface area (Å²) in [6.45, 7) is 0.921. The van der Waals surface area contributed by atoms with E-state index in [1.807, 2.05) is 18.2 Å². The Bertz CT molecular complexity index is 710. The molecule has 1 saturated heterocycles. The SMILES string of the molecule is N[C@@H]1CCCN(S(=O)(=O)Cc2noc3ccccc23)C1. The van der Waals surface area contributed by atoms with Gasteiger partial charge in [0.05, 0.1) is 0 Å². The first kappa shape index (κ1) is 13.5. The van der Waals surface area contributed by atoms with Crippen LogP contribution >= 0.6 is 0 Å². The fraction of sp³-hybridized carbons (Fsp3) is 0.462. The van der Waals surface area contributed by atoms with Crippen LogP contribution in [-0.2, 0) is 15.8 Å². The van der Waals surface area contributed by atoms with Gasteiger partial charge in [-0.1, -0.05) is 17.3 Å². The Hall–Kier alpha value is -1.44. The van der Waals surface area contributed by atoms with Crippen LogP contribution in [0.25, 0.3) is 11.0 Å². The number of para-hydroxylation sites is 1. The van der Waals surface area contributed by atoms with Crippen LogP contribution in [0, 0.1) is 0 Å². The highest BCUT2D eigenvalue weighted by atomic mass is 32.2. The molecule has 2 heterocycles. The summed E-state index contributed by atoms with van der Waals surface area (Å²) in [6, 6.07) is 7.18. The Morgan fingerprint density at radius 1 is 1.40 bits per heavy atom. The number of benzene rings is 1. The van der Waals surface area contributed by atoms with Crippen molar-refractivity contribution in [2.45, 2.75) is 24.6 Å². The van der Waals surface area contributed by atoms with Crippen LogP contribution in [0.15, 0.2) is 28.8 Å². The summed E-state index contributed by atoms with van der Waals surface area (Å²) in [4.78, 5) is 0. The molecule has 6 nitrogen and oxygen atoms in total. The Morgan fingerprint density at radius 2 is 2.20 bits per heavy atom. The van der Waals surface area contributed by atoms with Crippen molar-refractivity contribution in [2.24, 2.45) is 5.73 Å². The number of nitrogens with zero attached hydrogens (tertiary/aromatic N) is 2. The lowest BCUT2D eigenvalue weighted by molar-refractivity contribution is 0.315. The van der Waals surface area contributed by atoms with Gasteiger partial charge in [-0.05, 0) is 25.0 Å². The molecular formula is C13H17N3O3S. The molecule has 0 spiro atoms. The number of hydrogen-bond donors (Lipinski definition) is 1. The van der Waals surface area contributed by atoms with E-state index in [1.165, 1.54) is 4.31 Å². The normalized spacial score (nSPS) is 21.4. The highest BCUT2D eigenvalue weighted by molar-refractivity contribution is 7.88. The highest BCUT2D eigenvalue weighted by Crippen LogP contribution is 2.22. The van der Waals surface area contributed by atoms with E-state index in [0.717, 1.165) is 18.2 Å². The number of fused-ring (bicyclic) bond motifs is 1. The van der Waals surface area contributed by atoms with Gasteiger partial charge in [0.15, 0.2) is 5.58 Å². The van der Waals surface area contributed by atoms with E-state index in [0.29, 0.717) is 24.4 Å². The van der Waals surface area contributed by atoms with Crippen LogP contribution in [0.2, 0.25) is 0 Å². The minimum absolute atomic E-state index is 0.0763. The van der Waals surface area contributed by atoms with Gasteiger partial charge < -0.3 is 10.3 Å². The lowest BCUT2D eigenvalue weighted by Gasteiger charge is -2.29. The minimum atomic E-state index is -3.40. The van der Waals surface area contributed by atoms with Crippen molar-refractivity contribution in [1.29, 1.82) is 0 Å². The third-order valence-electron chi connectivity index (χ3n) is 3.59. The second-order valence-corrected chi connectivity index (χ2v) is 7.11. The maximum Gasteiger partial charge on any atom is 0.220 e. The molecule has 0 saturated carbocycles. The van der Waals surface area contributed by atoms with E-state index in [1.54, 1.807) is 6.07 Å². The lowest BCUT2D eigenvalue weighted by Crippen LogP contribution is -2.46. The third kappa shape index (κ3) is 2.56. The fourth-order valence-electron chi connectivity index (χ4n) is 2.53. The standard InChI is InChI=1S/C13H17N3O3S/c14-10-4-3-7-16(8-10)20(17,18)9-12-11-5-1-2-6-13(11)19-15-12/h1-2,5-6,10H,3-4,7-9,14H2/t10-/m1/s1. The summed E-state index contributed by atoms with van der Waals surface area (Å²) in [6.07, 6.45) is 1.68. The van der Waals surface area contributed by atoms with Gasteiger partial charge >= 0.3 is 0 Å². The zero-order chi connectivity index (χ0) is 14.2. The number of piperidine rings is 1. The first-order chi connectivity index (χ1) is 9.56. The van der Waals surface area contributed by atoms with E-state index < -0.39 is 10.0 Å². The van der Waals surface area contributed by atoms with Crippen LogP contribution in [0.5, 0.6) is 0 Å². The maximum absolute atomic E-state index is 12.4. The monoisotopic (exact) mass is 295 g/mol. The van der Waals surface area contributed by atoms with Crippen LogP contribution in [-0.4, -0.2) is 37.0 Å². The Morgan fingerprint density at radius 3 is 3.00 bits per heavy atom. The zero-order valence-corrected chi connectivity index (χ0v) is 11.8. The maximum atomic E-state index is 12.4. The minimum Gasteiger partial charge on any atom is -0.356 e. The predicted octanol–water partition coefficient (Wildman–Crippen LogP) is 1.08.